The van der Waals surface area contributed by atoms with Gasteiger partial charge < -0.3 is 5.32 Å². The molecule has 5 heteroatoms. The topological polar surface area (TPSA) is 29.1 Å². The predicted molar refractivity (Wildman–Crippen MR) is 69.7 cm³/mol. The standard InChI is InChI=1S/C11H13Cl2NOS/c1-7-5-14-11(6-16(7)15)9-3-2-8(12)4-10(9)13/h2-4,7,11,14H,5-6H2,1H3. The van der Waals surface area contributed by atoms with E-state index < -0.39 is 10.8 Å². The van der Waals surface area contributed by atoms with Crippen LogP contribution in [-0.4, -0.2) is 21.8 Å². The van der Waals surface area contributed by atoms with Crippen molar-refractivity contribution in [2.24, 2.45) is 0 Å². The van der Waals surface area contributed by atoms with Crippen molar-refractivity contribution >= 4 is 34.0 Å². The van der Waals surface area contributed by atoms with Crippen LogP contribution in [0.5, 0.6) is 0 Å². The maximum absolute atomic E-state index is 11.8. The molecule has 0 aliphatic carbocycles. The Kier molecular flexibility index (Phi) is 3.90. The Morgan fingerprint density at radius 3 is 2.81 bits per heavy atom. The van der Waals surface area contributed by atoms with Crippen molar-refractivity contribution < 1.29 is 4.21 Å². The molecule has 1 aliphatic rings. The number of rotatable bonds is 1. The first kappa shape index (κ1) is 12.4. The number of hydrogen-bond donors (Lipinski definition) is 1. The van der Waals surface area contributed by atoms with E-state index in [9.17, 15) is 4.21 Å². The van der Waals surface area contributed by atoms with Gasteiger partial charge in [0.15, 0.2) is 0 Å². The zero-order chi connectivity index (χ0) is 11.7. The number of hydrogen-bond acceptors (Lipinski definition) is 2. The van der Waals surface area contributed by atoms with Crippen LogP contribution < -0.4 is 5.32 Å². The molecule has 0 spiro atoms. The summed E-state index contributed by atoms with van der Waals surface area (Å²) in [7, 11) is -0.783. The Morgan fingerprint density at radius 1 is 1.44 bits per heavy atom. The van der Waals surface area contributed by atoms with Crippen molar-refractivity contribution in [2.45, 2.75) is 18.2 Å². The van der Waals surface area contributed by atoms with E-state index in [1.807, 2.05) is 19.1 Å². The van der Waals surface area contributed by atoms with E-state index in [2.05, 4.69) is 5.32 Å². The fourth-order valence-corrected chi connectivity index (χ4v) is 3.55. The lowest BCUT2D eigenvalue weighted by Crippen LogP contribution is -2.41. The molecule has 88 valence electrons. The molecule has 2 nitrogen and oxygen atoms in total. The van der Waals surface area contributed by atoms with Gasteiger partial charge in [-0.3, -0.25) is 4.21 Å². The lowest BCUT2D eigenvalue weighted by atomic mass is 10.1. The second-order valence-corrected chi connectivity index (χ2v) is 6.73. The molecule has 1 aliphatic heterocycles. The average molecular weight is 278 g/mol. The number of benzene rings is 1. The van der Waals surface area contributed by atoms with Crippen LogP contribution in [0.4, 0.5) is 0 Å². The van der Waals surface area contributed by atoms with Crippen molar-refractivity contribution in [2.75, 3.05) is 12.3 Å². The molecule has 0 amide bonds. The molecule has 1 aromatic carbocycles. The van der Waals surface area contributed by atoms with Crippen molar-refractivity contribution in [1.29, 1.82) is 0 Å². The third-order valence-corrected chi connectivity index (χ3v) is 5.06. The minimum absolute atomic E-state index is 0.0711. The van der Waals surface area contributed by atoms with Crippen molar-refractivity contribution in [1.82, 2.24) is 5.32 Å². The summed E-state index contributed by atoms with van der Waals surface area (Å²) in [5, 5.41) is 4.83. The van der Waals surface area contributed by atoms with Crippen LogP contribution in [0.3, 0.4) is 0 Å². The zero-order valence-corrected chi connectivity index (χ0v) is 11.2. The van der Waals surface area contributed by atoms with Gasteiger partial charge in [0.25, 0.3) is 0 Å². The Hall–Kier alpha value is -0.0900. The molecular formula is C11H13Cl2NOS. The summed E-state index contributed by atoms with van der Waals surface area (Å²) < 4.78 is 11.8. The van der Waals surface area contributed by atoms with Crippen LogP contribution >= 0.6 is 23.2 Å². The Balaban J connectivity index is 2.22. The first-order valence-corrected chi connectivity index (χ1v) is 7.27. The molecule has 16 heavy (non-hydrogen) atoms. The van der Waals surface area contributed by atoms with Gasteiger partial charge in [-0.05, 0) is 24.6 Å². The van der Waals surface area contributed by atoms with E-state index in [1.165, 1.54) is 0 Å². The largest absolute Gasteiger partial charge is 0.308 e. The molecule has 1 saturated heterocycles. The van der Waals surface area contributed by atoms with E-state index in [1.54, 1.807) is 6.07 Å². The van der Waals surface area contributed by atoms with E-state index in [0.29, 0.717) is 15.8 Å². The fourth-order valence-electron chi connectivity index (χ4n) is 1.77. The van der Waals surface area contributed by atoms with Gasteiger partial charge in [-0.2, -0.15) is 0 Å². The quantitative estimate of drug-likeness (QED) is 0.855. The predicted octanol–water partition coefficient (Wildman–Crippen LogP) is 2.77. The van der Waals surface area contributed by atoms with E-state index in [-0.39, 0.29) is 11.3 Å². The minimum atomic E-state index is -0.783. The summed E-state index contributed by atoms with van der Waals surface area (Å²) in [5.74, 6) is 0.614. The molecule has 0 saturated carbocycles. The van der Waals surface area contributed by atoms with Gasteiger partial charge in [0.1, 0.15) is 0 Å². The third kappa shape index (κ3) is 2.59. The van der Waals surface area contributed by atoms with Crippen LogP contribution in [0.1, 0.15) is 18.5 Å². The van der Waals surface area contributed by atoms with Crippen LogP contribution in [0.2, 0.25) is 10.0 Å². The maximum atomic E-state index is 11.8. The van der Waals surface area contributed by atoms with Crippen molar-refractivity contribution in [3.05, 3.63) is 33.8 Å². The molecule has 1 aromatic rings. The first-order chi connectivity index (χ1) is 7.58. The molecule has 0 radical (unpaired) electrons. The highest BCUT2D eigenvalue weighted by atomic mass is 35.5. The molecule has 2 rings (SSSR count). The summed E-state index contributed by atoms with van der Waals surface area (Å²) in [4.78, 5) is 0. The molecule has 3 unspecified atom stereocenters. The van der Waals surface area contributed by atoms with Gasteiger partial charge in [0, 0.05) is 44.4 Å². The van der Waals surface area contributed by atoms with Gasteiger partial charge in [-0.25, -0.2) is 0 Å². The highest BCUT2D eigenvalue weighted by Crippen LogP contribution is 2.28. The Labute approximate surface area is 108 Å². The van der Waals surface area contributed by atoms with E-state index in [0.717, 1.165) is 12.1 Å². The summed E-state index contributed by atoms with van der Waals surface area (Å²) in [6, 6.07) is 5.50. The van der Waals surface area contributed by atoms with Gasteiger partial charge >= 0.3 is 0 Å². The second kappa shape index (κ2) is 5.05. The van der Waals surface area contributed by atoms with Crippen LogP contribution in [0.15, 0.2) is 18.2 Å². The zero-order valence-electron chi connectivity index (χ0n) is 8.87. The van der Waals surface area contributed by atoms with Crippen molar-refractivity contribution in [3.63, 3.8) is 0 Å². The van der Waals surface area contributed by atoms with Crippen molar-refractivity contribution in [3.8, 4) is 0 Å². The molecule has 1 N–H and O–H groups in total. The molecular weight excluding hydrogens is 265 g/mol. The first-order valence-electron chi connectivity index (χ1n) is 5.13. The fraction of sp³-hybridized carbons (Fsp3) is 0.455. The van der Waals surface area contributed by atoms with Gasteiger partial charge in [0.05, 0.1) is 0 Å². The van der Waals surface area contributed by atoms with Gasteiger partial charge in [0.2, 0.25) is 0 Å². The lowest BCUT2D eigenvalue weighted by molar-refractivity contribution is 0.540. The Morgan fingerprint density at radius 2 is 2.19 bits per heavy atom. The molecule has 1 fully saturated rings. The highest BCUT2D eigenvalue weighted by molar-refractivity contribution is 7.85. The summed E-state index contributed by atoms with van der Waals surface area (Å²) in [5.41, 5.74) is 0.978. The van der Waals surface area contributed by atoms with Crippen LogP contribution in [0, 0.1) is 0 Å². The highest BCUT2D eigenvalue weighted by Gasteiger charge is 2.26. The van der Waals surface area contributed by atoms with E-state index >= 15 is 0 Å². The van der Waals surface area contributed by atoms with E-state index in [4.69, 9.17) is 23.2 Å². The second-order valence-electron chi connectivity index (χ2n) is 3.98. The monoisotopic (exact) mass is 277 g/mol. The third-order valence-electron chi connectivity index (χ3n) is 2.77. The minimum Gasteiger partial charge on any atom is -0.308 e. The van der Waals surface area contributed by atoms with Gasteiger partial charge in [-0.15, -0.1) is 0 Å². The molecule has 1 heterocycles. The number of halogens is 2. The van der Waals surface area contributed by atoms with Crippen LogP contribution in [0.25, 0.3) is 0 Å². The molecule has 3 atom stereocenters. The molecule has 0 aromatic heterocycles. The number of nitrogens with one attached hydrogen (secondary N) is 1. The normalized spacial score (nSPS) is 30.3. The average Bonchev–Trinajstić information content (AvgIpc) is 2.22. The van der Waals surface area contributed by atoms with Gasteiger partial charge in [-0.1, -0.05) is 29.3 Å². The summed E-state index contributed by atoms with van der Waals surface area (Å²) >= 11 is 12.0. The summed E-state index contributed by atoms with van der Waals surface area (Å²) in [6.07, 6.45) is 0. The smallest absolute Gasteiger partial charge is 0.0468 e. The lowest BCUT2D eigenvalue weighted by Gasteiger charge is -2.28. The maximum Gasteiger partial charge on any atom is 0.0468 e. The molecule has 0 bridgehead atoms. The summed E-state index contributed by atoms with van der Waals surface area (Å²) in [6.45, 7) is 2.75. The van der Waals surface area contributed by atoms with Crippen LogP contribution in [-0.2, 0) is 10.8 Å². The Bertz CT molecular complexity index is 424. The SMILES string of the molecule is CC1CNC(c2ccc(Cl)cc2Cl)CS1=O.